The second kappa shape index (κ2) is 9.52. The molecule has 0 N–H and O–H groups in total. The van der Waals surface area contributed by atoms with Crippen molar-refractivity contribution in [3.05, 3.63) is 48.1 Å². The van der Waals surface area contributed by atoms with Crippen molar-refractivity contribution in [3.63, 3.8) is 0 Å². The van der Waals surface area contributed by atoms with Gasteiger partial charge in [-0.05, 0) is 74.3 Å². The molecule has 0 unspecified atom stereocenters. The van der Waals surface area contributed by atoms with Crippen LogP contribution in [0.15, 0.2) is 42.5 Å². The van der Waals surface area contributed by atoms with Crippen LogP contribution in [0.1, 0.15) is 64.2 Å². The van der Waals surface area contributed by atoms with E-state index in [4.69, 9.17) is 11.6 Å². The first-order chi connectivity index (χ1) is 12.3. The Bertz CT molecular complexity index is 686. The SMILES string of the molecule is Cl[CH-][P+](c1ccc2ccccc2c1)(C1CCCCC1)C1CCCCC1.[Pd]. The summed E-state index contributed by atoms with van der Waals surface area (Å²) in [5.41, 5.74) is 3.86. The second-order valence-corrected chi connectivity index (χ2v) is 12.5. The number of halogens is 1. The minimum atomic E-state index is -1.44. The number of rotatable bonds is 4. The fourth-order valence-electron chi connectivity index (χ4n) is 5.37. The van der Waals surface area contributed by atoms with Crippen molar-refractivity contribution < 1.29 is 20.4 Å². The molecule has 0 heterocycles. The van der Waals surface area contributed by atoms with Gasteiger partial charge in [0.25, 0.3) is 0 Å². The molecule has 2 fully saturated rings. The van der Waals surface area contributed by atoms with Crippen LogP contribution in [0.4, 0.5) is 0 Å². The molecular weight excluding hydrogens is 449 g/mol. The summed E-state index contributed by atoms with van der Waals surface area (Å²) in [6, 6.07) is 16.1. The van der Waals surface area contributed by atoms with E-state index >= 15 is 0 Å². The van der Waals surface area contributed by atoms with E-state index in [0.717, 1.165) is 11.3 Å². The van der Waals surface area contributed by atoms with E-state index in [9.17, 15) is 0 Å². The number of benzene rings is 2. The van der Waals surface area contributed by atoms with Gasteiger partial charge >= 0.3 is 0 Å². The summed E-state index contributed by atoms with van der Waals surface area (Å²) in [6.45, 7) is 0. The average Bonchev–Trinajstić information content (AvgIpc) is 2.71. The summed E-state index contributed by atoms with van der Waals surface area (Å²) in [4.78, 5) is 0. The van der Waals surface area contributed by atoms with E-state index in [2.05, 4.69) is 48.1 Å². The van der Waals surface area contributed by atoms with Crippen molar-refractivity contribution in [3.8, 4) is 0 Å². The van der Waals surface area contributed by atoms with Crippen molar-refractivity contribution in [2.24, 2.45) is 0 Å². The minimum absolute atomic E-state index is 0. The standard InChI is InChI=1S/C23H30ClP.Pd/c24-18-25(21-11-3-1-4-12-21,22-13-5-2-6-14-22)23-16-15-19-9-7-8-10-20(19)17-23;/h7-10,15-18,21-22H,1-6,11-14H2;. The molecule has 0 atom stereocenters. The largest absolute Gasteiger partial charge is 0.304 e. The Morgan fingerprint density at radius 2 is 1.27 bits per heavy atom. The van der Waals surface area contributed by atoms with Gasteiger partial charge < -0.3 is 11.6 Å². The van der Waals surface area contributed by atoms with Gasteiger partial charge in [0.15, 0.2) is 0 Å². The number of fused-ring (bicyclic) bond motifs is 1. The molecule has 0 saturated heterocycles. The van der Waals surface area contributed by atoms with Gasteiger partial charge in [0.05, 0.1) is 5.30 Å². The molecule has 2 aliphatic carbocycles. The van der Waals surface area contributed by atoms with Gasteiger partial charge in [-0.1, -0.05) is 56.1 Å². The zero-order valence-electron chi connectivity index (χ0n) is 15.5. The van der Waals surface area contributed by atoms with Gasteiger partial charge in [0.1, 0.15) is 0 Å². The van der Waals surface area contributed by atoms with Crippen LogP contribution in [-0.4, -0.2) is 11.3 Å². The summed E-state index contributed by atoms with van der Waals surface area (Å²) in [7, 11) is -1.44. The van der Waals surface area contributed by atoms with Gasteiger partial charge in [-0.3, -0.25) is 0 Å². The predicted molar refractivity (Wildman–Crippen MR) is 114 cm³/mol. The first kappa shape index (κ1) is 20.8. The molecule has 0 aromatic heterocycles. The molecule has 0 bridgehead atoms. The van der Waals surface area contributed by atoms with Crippen LogP contribution in [0, 0.1) is 5.62 Å². The topological polar surface area (TPSA) is 0 Å². The van der Waals surface area contributed by atoms with Crippen LogP contribution in [-0.2, 0) is 20.4 Å². The van der Waals surface area contributed by atoms with Crippen LogP contribution in [0.5, 0.6) is 0 Å². The second-order valence-electron chi connectivity index (χ2n) is 8.05. The molecule has 0 spiro atoms. The van der Waals surface area contributed by atoms with Crippen LogP contribution < -0.4 is 5.30 Å². The van der Waals surface area contributed by atoms with E-state index in [1.165, 1.54) is 75.0 Å². The molecule has 144 valence electrons. The molecule has 2 aromatic rings. The molecular formula is C23H30ClPPd. The molecule has 0 amide bonds. The van der Waals surface area contributed by atoms with Crippen LogP contribution in [0.2, 0.25) is 0 Å². The molecule has 0 nitrogen and oxygen atoms in total. The van der Waals surface area contributed by atoms with E-state index in [1.807, 2.05) is 0 Å². The fraction of sp³-hybridized carbons (Fsp3) is 0.522. The Labute approximate surface area is 178 Å². The molecule has 2 aromatic carbocycles. The van der Waals surface area contributed by atoms with E-state index in [-0.39, 0.29) is 20.4 Å². The van der Waals surface area contributed by atoms with Gasteiger partial charge in [0.2, 0.25) is 0 Å². The fourth-order valence-corrected chi connectivity index (χ4v) is 11.7. The van der Waals surface area contributed by atoms with Crippen molar-refractivity contribution in [1.29, 1.82) is 0 Å². The summed E-state index contributed by atoms with van der Waals surface area (Å²) in [5, 5.41) is 4.32. The molecule has 2 aliphatic rings. The van der Waals surface area contributed by atoms with E-state index in [1.54, 1.807) is 5.30 Å². The van der Waals surface area contributed by atoms with Crippen molar-refractivity contribution in [2.75, 3.05) is 0 Å². The summed E-state index contributed by atoms with van der Waals surface area (Å²) >= 11 is 6.80. The van der Waals surface area contributed by atoms with E-state index < -0.39 is 7.26 Å². The molecule has 2 saturated carbocycles. The quantitative estimate of drug-likeness (QED) is 0.242. The Morgan fingerprint density at radius 1 is 0.731 bits per heavy atom. The maximum absolute atomic E-state index is 6.80. The van der Waals surface area contributed by atoms with Gasteiger partial charge in [-0.25, -0.2) is 0 Å². The van der Waals surface area contributed by atoms with Crippen molar-refractivity contribution in [2.45, 2.75) is 75.5 Å². The van der Waals surface area contributed by atoms with E-state index in [0.29, 0.717) is 0 Å². The smallest absolute Gasteiger partial charge is 0.0671 e. The Hall–Kier alpha value is 0.0823. The third-order valence-electron chi connectivity index (χ3n) is 6.70. The molecule has 0 radical (unpaired) electrons. The minimum Gasteiger partial charge on any atom is -0.304 e. The monoisotopic (exact) mass is 478 g/mol. The van der Waals surface area contributed by atoms with Gasteiger partial charge in [-0.2, -0.15) is 0 Å². The predicted octanol–water partition coefficient (Wildman–Crippen LogP) is 7.50. The zero-order chi connectivity index (χ0) is 17.1. The number of hydrogen-bond donors (Lipinski definition) is 0. The molecule has 26 heavy (non-hydrogen) atoms. The third kappa shape index (κ3) is 3.94. The third-order valence-corrected chi connectivity index (χ3v) is 12.6. The first-order valence-electron chi connectivity index (χ1n) is 10.2. The Balaban J connectivity index is 0.00000196. The number of hydrogen-bond acceptors (Lipinski definition) is 0. The summed E-state index contributed by atoms with van der Waals surface area (Å²) < 4.78 is 0. The van der Waals surface area contributed by atoms with Crippen LogP contribution in [0.25, 0.3) is 10.8 Å². The maximum Gasteiger partial charge on any atom is 0.0671 e. The summed E-state index contributed by atoms with van der Waals surface area (Å²) in [5.74, 6) is 0. The molecule has 3 heteroatoms. The van der Waals surface area contributed by atoms with Gasteiger partial charge in [-0.15, -0.1) is 0 Å². The normalized spacial score (nSPS) is 20.0. The van der Waals surface area contributed by atoms with Crippen LogP contribution >= 0.6 is 18.9 Å². The zero-order valence-corrected chi connectivity index (χ0v) is 18.7. The molecule has 0 aliphatic heterocycles. The molecule has 4 rings (SSSR count). The van der Waals surface area contributed by atoms with Crippen LogP contribution in [0.3, 0.4) is 0 Å². The Morgan fingerprint density at radius 3 is 1.81 bits per heavy atom. The van der Waals surface area contributed by atoms with Crippen molar-refractivity contribution >= 4 is 34.9 Å². The van der Waals surface area contributed by atoms with Crippen molar-refractivity contribution in [1.82, 2.24) is 0 Å². The Kier molecular flexibility index (Phi) is 7.62. The average molecular weight is 479 g/mol. The van der Waals surface area contributed by atoms with Gasteiger partial charge in [0, 0.05) is 31.7 Å². The summed E-state index contributed by atoms with van der Waals surface area (Å²) in [6.07, 6.45) is 14.0. The first-order valence-corrected chi connectivity index (χ1v) is 12.6. The maximum atomic E-state index is 6.80.